The predicted molar refractivity (Wildman–Crippen MR) is 99.0 cm³/mol. The maximum atomic E-state index is 11.6. The van der Waals surface area contributed by atoms with Gasteiger partial charge in [-0.1, -0.05) is 30.4 Å². The lowest BCUT2D eigenvalue weighted by atomic mass is 10.3. The number of hydrogen-bond acceptors (Lipinski definition) is 3. The van der Waals surface area contributed by atoms with E-state index in [-0.39, 0.29) is 12.5 Å². The van der Waals surface area contributed by atoms with Gasteiger partial charge in [-0.15, -0.1) is 11.8 Å². The Balaban J connectivity index is 2.43. The Kier molecular flexibility index (Phi) is 8.90. The zero-order chi connectivity index (χ0) is 17.1. The molecule has 0 aliphatic rings. The first-order valence-electron chi connectivity index (χ1n) is 7.53. The fraction of sp³-hybridized carbons (Fsp3) is 0.412. The summed E-state index contributed by atoms with van der Waals surface area (Å²) in [5.74, 6) is 1.52. The average Bonchev–Trinajstić information content (AvgIpc) is 2.53. The van der Waals surface area contributed by atoms with Crippen molar-refractivity contribution in [2.75, 3.05) is 39.5 Å². The number of amides is 1. The molecule has 1 aromatic carbocycles. The summed E-state index contributed by atoms with van der Waals surface area (Å²) in [6.07, 6.45) is 0. The molecule has 0 saturated carbocycles. The highest BCUT2D eigenvalue weighted by atomic mass is 32.2. The molecule has 0 aliphatic carbocycles. The largest absolute Gasteiger partial charge is 0.356 e. The first-order valence-corrected chi connectivity index (χ1v) is 8.52. The molecular formula is C17H26N4OS. The molecule has 0 aliphatic heterocycles. The number of hydrogen-bond donors (Lipinski definition) is 2. The maximum absolute atomic E-state index is 11.6. The normalized spacial score (nSPS) is 11.0. The van der Waals surface area contributed by atoms with Crippen LogP contribution in [0.5, 0.6) is 0 Å². The van der Waals surface area contributed by atoms with Gasteiger partial charge in [-0.3, -0.25) is 4.79 Å². The lowest BCUT2D eigenvalue weighted by Crippen LogP contribution is -2.40. The van der Waals surface area contributed by atoms with E-state index in [0.29, 0.717) is 12.5 Å². The number of likely N-dealkylation sites (N-methyl/N-ethyl adjacent to an activating group) is 1. The second kappa shape index (κ2) is 10.7. The number of carbonyl (C=O) groups is 1. The highest BCUT2D eigenvalue weighted by Crippen LogP contribution is 2.15. The number of carbonyl (C=O) groups excluding carboxylic acids is 1. The molecule has 0 fully saturated rings. The van der Waals surface area contributed by atoms with Gasteiger partial charge >= 0.3 is 0 Å². The van der Waals surface area contributed by atoms with Gasteiger partial charge < -0.3 is 15.5 Å². The van der Waals surface area contributed by atoms with Crippen LogP contribution >= 0.6 is 11.8 Å². The van der Waals surface area contributed by atoms with Crippen LogP contribution < -0.4 is 10.6 Å². The molecule has 6 heteroatoms. The summed E-state index contributed by atoms with van der Waals surface area (Å²) in [6, 6.07) is 10.3. The zero-order valence-electron chi connectivity index (χ0n) is 14.1. The summed E-state index contributed by atoms with van der Waals surface area (Å²) in [4.78, 5) is 18.7. The van der Waals surface area contributed by atoms with Gasteiger partial charge in [0.05, 0.1) is 0 Å². The number of rotatable bonds is 8. The third kappa shape index (κ3) is 8.93. The van der Waals surface area contributed by atoms with Gasteiger partial charge in [0.15, 0.2) is 5.96 Å². The van der Waals surface area contributed by atoms with E-state index >= 15 is 0 Å². The molecule has 1 amide bonds. The smallest absolute Gasteiger partial charge is 0.243 e. The predicted octanol–water partition coefficient (Wildman–Crippen LogP) is 1.98. The number of nitrogens with one attached hydrogen (secondary N) is 2. The van der Waals surface area contributed by atoms with Crippen LogP contribution in [0.2, 0.25) is 0 Å². The van der Waals surface area contributed by atoms with Crippen LogP contribution in [0.3, 0.4) is 0 Å². The van der Waals surface area contributed by atoms with Crippen molar-refractivity contribution in [2.45, 2.75) is 11.8 Å². The number of benzene rings is 1. The Morgan fingerprint density at radius 3 is 2.57 bits per heavy atom. The molecule has 1 aromatic rings. The molecule has 0 aromatic heterocycles. The molecule has 0 heterocycles. The molecule has 0 atom stereocenters. The molecule has 23 heavy (non-hydrogen) atoms. The maximum Gasteiger partial charge on any atom is 0.243 e. The first kappa shape index (κ1) is 19.1. The van der Waals surface area contributed by atoms with E-state index in [2.05, 4.69) is 34.3 Å². The Morgan fingerprint density at radius 2 is 1.96 bits per heavy atom. The second-order valence-corrected chi connectivity index (χ2v) is 6.52. The summed E-state index contributed by atoms with van der Waals surface area (Å²) in [5, 5.41) is 6.42. The topological polar surface area (TPSA) is 56.7 Å². The fourth-order valence-electron chi connectivity index (χ4n) is 1.55. The van der Waals surface area contributed by atoms with E-state index < -0.39 is 0 Å². The van der Waals surface area contributed by atoms with Crippen molar-refractivity contribution in [3.8, 4) is 0 Å². The van der Waals surface area contributed by atoms with Crippen LogP contribution in [0.1, 0.15) is 6.92 Å². The van der Waals surface area contributed by atoms with Gasteiger partial charge in [-0.05, 0) is 19.1 Å². The zero-order valence-corrected chi connectivity index (χ0v) is 14.9. The van der Waals surface area contributed by atoms with Crippen molar-refractivity contribution in [2.24, 2.45) is 4.99 Å². The minimum Gasteiger partial charge on any atom is -0.356 e. The van der Waals surface area contributed by atoms with Gasteiger partial charge in [-0.25, -0.2) is 4.99 Å². The van der Waals surface area contributed by atoms with E-state index in [1.807, 2.05) is 25.1 Å². The average molecular weight is 334 g/mol. The molecule has 2 N–H and O–H groups in total. The van der Waals surface area contributed by atoms with Crippen LogP contribution in [0.25, 0.3) is 0 Å². The molecule has 0 saturated heterocycles. The molecule has 5 nitrogen and oxygen atoms in total. The lowest BCUT2D eigenvalue weighted by Gasteiger charge is -2.13. The molecule has 126 valence electrons. The van der Waals surface area contributed by atoms with Crippen molar-refractivity contribution in [3.05, 3.63) is 42.5 Å². The summed E-state index contributed by atoms with van der Waals surface area (Å²) >= 11 is 1.78. The Hall–Kier alpha value is -1.95. The van der Waals surface area contributed by atoms with Gasteiger partial charge in [0, 0.05) is 37.8 Å². The van der Waals surface area contributed by atoms with Crippen molar-refractivity contribution < 1.29 is 4.79 Å². The van der Waals surface area contributed by atoms with Gasteiger partial charge in [0.2, 0.25) is 5.91 Å². The van der Waals surface area contributed by atoms with Crippen molar-refractivity contribution in [1.82, 2.24) is 15.5 Å². The van der Waals surface area contributed by atoms with Crippen molar-refractivity contribution >= 4 is 23.6 Å². The molecule has 0 bridgehead atoms. The Morgan fingerprint density at radius 1 is 1.26 bits per heavy atom. The lowest BCUT2D eigenvalue weighted by molar-refractivity contribution is -0.127. The van der Waals surface area contributed by atoms with Crippen LogP contribution in [0.15, 0.2) is 52.4 Å². The minimum absolute atomic E-state index is 0.0277. The van der Waals surface area contributed by atoms with Crippen LogP contribution in [-0.2, 0) is 4.79 Å². The third-order valence-electron chi connectivity index (χ3n) is 2.84. The molecule has 0 unspecified atom stereocenters. The highest BCUT2D eigenvalue weighted by Gasteiger charge is 2.04. The Bertz CT molecular complexity index is 529. The molecule has 1 rings (SSSR count). The third-order valence-corrected chi connectivity index (χ3v) is 3.85. The number of thioether (sulfide) groups is 1. The van der Waals surface area contributed by atoms with Gasteiger partial charge in [-0.2, -0.15) is 0 Å². The quantitative estimate of drug-likeness (QED) is 0.251. The van der Waals surface area contributed by atoms with Crippen LogP contribution in [0.4, 0.5) is 0 Å². The standard InChI is InChI=1S/C17H26N4OS/c1-14(2)12-19-17(20-13-16(22)21(3)4)18-10-11-23-15-8-6-5-7-9-15/h5-9H,1,10-13H2,2-4H3,(H2,18,19,20). The van der Waals surface area contributed by atoms with Gasteiger partial charge in [0.1, 0.15) is 6.54 Å². The monoisotopic (exact) mass is 334 g/mol. The number of nitrogens with zero attached hydrogens (tertiary/aromatic N) is 2. The van der Waals surface area contributed by atoms with Crippen LogP contribution in [-0.4, -0.2) is 56.2 Å². The highest BCUT2D eigenvalue weighted by molar-refractivity contribution is 7.99. The van der Waals surface area contributed by atoms with Gasteiger partial charge in [0.25, 0.3) is 0 Å². The first-order chi connectivity index (χ1) is 11.0. The van der Waals surface area contributed by atoms with E-state index in [4.69, 9.17) is 0 Å². The van der Waals surface area contributed by atoms with E-state index in [9.17, 15) is 4.79 Å². The number of aliphatic imine (C=N–C) groups is 1. The number of guanidine groups is 1. The summed E-state index contributed by atoms with van der Waals surface area (Å²) in [7, 11) is 3.45. The van der Waals surface area contributed by atoms with E-state index in [1.165, 1.54) is 9.80 Å². The molecule has 0 radical (unpaired) electrons. The minimum atomic E-state index is -0.0277. The molecular weight excluding hydrogens is 308 g/mol. The van der Waals surface area contributed by atoms with E-state index in [1.54, 1.807) is 25.9 Å². The fourth-order valence-corrected chi connectivity index (χ4v) is 2.34. The second-order valence-electron chi connectivity index (χ2n) is 5.35. The van der Waals surface area contributed by atoms with Crippen molar-refractivity contribution in [1.29, 1.82) is 0 Å². The van der Waals surface area contributed by atoms with Crippen LogP contribution in [0, 0.1) is 0 Å². The van der Waals surface area contributed by atoms with E-state index in [0.717, 1.165) is 17.9 Å². The molecule has 0 spiro atoms. The summed E-state index contributed by atoms with van der Waals surface area (Å²) in [6.45, 7) is 7.33. The Labute approximate surface area is 143 Å². The van der Waals surface area contributed by atoms with Crippen molar-refractivity contribution in [3.63, 3.8) is 0 Å². The summed E-state index contributed by atoms with van der Waals surface area (Å²) < 4.78 is 0. The SMILES string of the molecule is C=C(C)CNC(=NCC(=O)N(C)C)NCCSc1ccccc1. The summed E-state index contributed by atoms with van der Waals surface area (Å²) in [5.41, 5.74) is 1.01.